The van der Waals surface area contributed by atoms with E-state index in [2.05, 4.69) is 41.5 Å². The fourth-order valence-corrected chi connectivity index (χ4v) is 6.51. The summed E-state index contributed by atoms with van der Waals surface area (Å²) in [4.78, 5) is 0. The van der Waals surface area contributed by atoms with Crippen molar-refractivity contribution in [2.45, 2.75) is 41.5 Å². The van der Waals surface area contributed by atoms with Gasteiger partial charge in [0.15, 0.2) is 0 Å². The van der Waals surface area contributed by atoms with Gasteiger partial charge in [-0.15, -0.1) is 0 Å². The van der Waals surface area contributed by atoms with Crippen LogP contribution < -0.4 is 0 Å². The van der Waals surface area contributed by atoms with E-state index in [0.29, 0.717) is 17.8 Å². The van der Waals surface area contributed by atoms with Crippen molar-refractivity contribution in [3.8, 4) is 0 Å². The molecule has 16 heavy (non-hydrogen) atoms. The Labute approximate surface area is 110 Å². The Morgan fingerprint density at radius 2 is 0.875 bits per heavy atom. The first-order chi connectivity index (χ1) is 7.41. The first kappa shape index (κ1) is 16.8. The zero-order chi connectivity index (χ0) is 12.6. The van der Waals surface area contributed by atoms with Gasteiger partial charge in [-0.1, -0.05) is 0 Å². The molecule has 0 radical (unpaired) electrons. The van der Waals surface area contributed by atoms with Crippen LogP contribution >= 0.6 is 0 Å². The second-order valence-electron chi connectivity index (χ2n) is 5.29. The predicted molar refractivity (Wildman–Crippen MR) is 68.1 cm³/mol. The van der Waals surface area contributed by atoms with Crippen LogP contribution in [0.5, 0.6) is 0 Å². The monoisotopic (exact) mass is 428 g/mol. The number of rotatable bonds is 9. The molecule has 0 unspecified atom stereocenters. The van der Waals surface area contributed by atoms with Crippen LogP contribution in [0.2, 0.25) is 0 Å². The minimum absolute atomic E-state index is 0.544. The summed E-state index contributed by atoms with van der Waals surface area (Å²) in [5, 5.41) is 0. The molecule has 4 heteroatoms. The van der Waals surface area contributed by atoms with E-state index in [-0.39, 0.29) is 0 Å². The number of hydrogen-bond acceptors (Lipinski definition) is 3. The molecule has 0 bridgehead atoms. The van der Waals surface area contributed by atoms with Crippen LogP contribution in [0.1, 0.15) is 41.5 Å². The third kappa shape index (κ3) is 11.3. The number of hydrogen-bond donors (Lipinski definition) is 0. The first-order valence-corrected chi connectivity index (χ1v) is 10.4. The van der Waals surface area contributed by atoms with Gasteiger partial charge in [0.05, 0.1) is 0 Å². The Morgan fingerprint density at radius 1 is 0.625 bits per heavy atom. The molecule has 3 nitrogen and oxygen atoms in total. The molecule has 0 N–H and O–H groups in total. The summed E-state index contributed by atoms with van der Waals surface area (Å²) in [5.74, 6) is 1.63. The van der Waals surface area contributed by atoms with Crippen molar-refractivity contribution in [2.75, 3.05) is 19.8 Å². The summed E-state index contributed by atoms with van der Waals surface area (Å²) in [6.07, 6.45) is 0. The van der Waals surface area contributed by atoms with Gasteiger partial charge in [0.2, 0.25) is 0 Å². The van der Waals surface area contributed by atoms with E-state index < -0.39 is 23.1 Å². The molecule has 0 saturated heterocycles. The molecule has 98 valence electrons. The third-order valence-corrected chi connectivity index (χ3v) is 5.74. The van der Waals surface area contributed by atoms with Gasteiger partial charge in [-0.25, -0.2) is 0 Å². The second-order valence-corrected chi connectivity index (χ2v) is 10.0. The Kier molecular flexibility index (Phi) is 10.2. The van der Waals surface area contributed by atoms with Gasteiger partial charge in [-0.05, 0) is 0 Å². The van der Waals surface area contributed by atoms with Gasteiger partial charge >= 0.3 is 111 Å². The van der Waals surface area contributed by atoms with Gasteiger partial charge < -0.3 is 0 Å². The molecule has 0 aliphatic carbocycles. The van der Waals surface area contributed by atoms with Gasteiger partial charge in [0.1, 0.15) is 0 Å². The van der Waals surface area contributed by atoms with Gasteiger partial charge in [-0.3, -0.25) is 0 Å². The Morgan fingerprint density at radius 3 is 1.06 bits per heavy atom. The van der Waals surface area contributed by atoms with E-state index >= 15 is 0 Å². The maximum atomic E-state index is 5.76. The van der Waals surface area contributed by atoms with Crippen molar-refractivity contribution >= 4 is 23.1 Å². The van der Waals surface area contributed by atoms with Gasteiger partial charge in [-0.2, -0.15) is 0 Å². The van der Waals surface area contributed by atoms with Crippen molar-refractivity contribution in [2.24, 2.45) is 17.8 Å². The SMILES string of the molecule is CC(C)C[O][Bi]([O]CC(C)C)[O]CC(C)C. The topological polar surface area (TPSA) is 27.7 Å². The van der Waals surface area contributed by atoms with E-state index in [4.69, 9.17) is 8.44 Å². The summed E-state index contributed by atoms with van der Waals surface area (Å²) in [6.45, 7) is 15.1. The van der Waals surface area contributed by atoms with Crippen molar-refractivity contribution in [1.82, 2.24) is 0 Å². The fraction of sp³-hybridized carbons (Fsp3) is 1.00. The quantitative estimate of drug-likeness (QED) is 0.529. The Hall–Kier alpha value is 0.763. The van der Waals surface area contributed by atoms with E-state index in [1.807, 2.05) is 0 Å². The van der Waals surface area contributed by atoms with Crippen LogP contribution in [0.3, 0.4) is 0 Å². The Bertz CT molecular complexity index is 132. The first-order valence-electron chi connectivity index (χ1n) is 6.10. The summed E-state index contributed by atoms with van der Waals surface area (Å²) < 4.78 is 17.3. The summed E-state index contributed by atoms with van der Waals surface area (Å²) in [5.41, 5.74) is 0. The molecule has 0 aliphatic rings. The minimum atomic E-state index is -2.55. The molecule has 0 spiro atoms. The normalized spacial score (nSPS) is 12.4. The molecule has 0 heterocycles. The van der Waals surface area contributed by atoms with Crippen molar-refractivity contribution in [3.63, 3.8) is 0 Å². The zero-order valence-electron chi connectivity index (χ0n) is 11.5. The van der Waals surface area contributed by atoms with Crippen molar-refractivity contribution in [1.29, 1.82) is 0 Å². The van der Waals surface area contributed by atoms with E-state index in [9.17, 15) is 0 Å². The summed E-state index contributed by atoms with van der Waals surface area (Å²) >= 11 is -2.55. The summed E-state index contributed by atoms with van der Waals surface area (Å²) in [6, 6.07) is 0. The van der Waals surface area contributed by atoms with Gasteiger partial charge in [0, 0.05) is 0 Å². The molecule has 0 rings (SSSR count). The van der Waals surface area contributed by atoms with Gasteiger partial charge in [0.25, 0.3) is 0 Å². The van der Waals surface area contributed by atoms with Crippen LogP contribution in [0.4, 0.5) is 0 Å². The van der Waals surface area contributed by atoms with E-state index in [1.54, 1.807) is 0 Å². The van der Waals surface area contributed by atoms with Crippen LogP contribution in [0, 0.1) is 17.8 Å². The van der Waals surface area contributed by atoms with Crippen LogP contribution in [-0.4, -0.2) is 42.9 Å². The molecular formula is C12H27BiO3. The molecule has 0 fully saturated rings. The molecular weight excluding hydrogens is 401 g/mol. The second kappa shape index (κ2) is 9.76. The Balaban J connectivity index is 3.85. The van der Waals surface area contributed by atoms with E-state index in [1.165, 1.54) is 0 Å². The molecule has 0 atom stereocenters. The molecule has 0 aromatic carbocycles. The maximum absolute atomic E-state index is 5.76. The van der Waals surface area contributed by atoms with Crippen molar-refractivity contribution in [3.05, 3.63) is 0 Å². The zero-order valence-corrected chi connectivity index (χ0v) is 15.0. The summed E-state index contributed by atoms with van der Waals surface area (Å²) in [7, 11) is 0. The van der Waals surface area contributed by atoms with Crippen LogP contribution in [-0.2, 0) is 8.44 Å². The molecule has 0 aliphatic heterocycles. The average molecular weight is 428 g/mol. The molecule has 0 amide bonds. The fourth-order valence-electron chi connectivity index (χ4n) is 0.742. The molecule has 0 aromatic rings. The van der Waals surface area contributed by atoms with Crippen LogP contribution in [0.25, 0.3) is 0 Å². The average Bonchev–Trinajstić information content (AvgIpc) is 2.15. The third-order valence-electron chi connectivity index (χ3n) is 1.54. The van der Waals surface area contributed by atoms with Crippen LogP contribution in [0.15, 0.2) is 0 Å². The predicted octanol–water partition coefficient (Wildman–Crippen LogP) is 2.99. The van der Waals surface area contributed by atoms with E-state index in [0.717, 1.165) is 19.8 Å². The molecule has 0 saturated carbocycles. The standard InChI is InChI=1S/3C4H9O.Bi/c3*1-4(2)3-5;/h3*4H,3H2,1-2H3;/q3*-1;+3. The van der Waals surface area contributed by atoms with Crippen molar-refractivity contribution < 1.29 is 8.44 Å². The molecule has 0 aromatic heterocycles.